The summed E-state index contributed by atoms with van der Waals surface area (Å²) in [6, 6.07) is 3.69. The number of hydrogen-bond acceptors (Lipinski definition) is 3. The highest BCUT2D eigenvalue weighted by molar-refractivity contribution is 6.30. The molecule has 1 heterocycles. The first-order chi connectivity index (χ1) is 7.24. The maximum absolute atomic E-state index is 11.1. The molecule has 0 bridgehead atoms. The molecular weight excluding hydrogens is 249 g/mol. The fourth-order valence-corrected chi connectivity index (χ4v) is 1.31. The summed E-state index contributed by atoms with van der Waals surface area (Å²) in [5.74, 6) is -0.0162. The summed E-state index contributed by atoms with van der Waals surface area (Å²) in [5.41, 5.74) is 0.892. The van der Waals surface area contributed by atoms with Gasteiger partial charge in [0.05, 0.1) is 6.54 Å². The Morgan fingerprint density at radius 2 is 2.31 bits per heavy atom. The zero-order valence-electron chi connectivity index (χ0n) is 9.00. The third kappa shape index (κ3) is 5.30. The zero-order chi connectivity index (χ0) is 11.1. The molecule has 0 spiro atoms. The van der Waals surface area contributed by atoms with Gasteiger partial charge in [-0.25, -0.2) is 4.98 Å². The Labute approximate surface area is 106 Å². The molecule has 0 saturated heterocycles. The van der Waals surface area contributed by atoms with Crippen molar-refractivity contribution in [3.05, 3.63) is 29.0 Å². The van der Waals surface area contributed by atoms with Gasteiger partial charge in [-0.1, -0.05) is 17.7 Å². The first kappa shape index (κ1) is 15.2. The molecule has 16 heavy (non-hydrogen) atoms. The molecule has 1 aromatic heterocycles. The Kier molecular flexibility index (Phi) is 7.89. The van der Waals surface area contributed by atoms with Gasteiger partial charge in [-0.05, 0) is 13.0 Å². The van der Waals surface area contributed by atoms with Crippen molar-refractivity contribution in [2.45, 2.75) is 13.5 Å². The largest absolute Gasteiger partial charge is 0.355 e. The predicted molar refractivity (Wildman–Crippen MR) is 66.9 cm³/mol. The number of aromatic nitrogens is 1. The second kappa shape index (κ2) is 8.33. The minimum atomic E-state index is -0.0162. The number of amides is 1. The Morgan fingerprint density at radius 3 is 2.94 bits per heavy atom. The van der Waals surface area contributed by atoms with Crippen LogP contribution < -0.4 is 10.6 Å². The number of carbonyl (C=O) groups excluding carboxylic acids is 1. The molecule has 0 aliphatic rings. The SMILES string of the molecule is CCNC(=O)CNCc1cccnc1Cl.Cl. The smallest absolute Gasteiger partial charge is 0.233 e. The van der Waals surface area contributed by atoms with E-state index in [9.17, 15) is 4.79 Å². The Morgan fingerprint density at radius 1 is 1.56 bits per heavy atom. The van der Waals surface area contributed by atoms with Gasteiger partial charge in [-0.2, -0.15) is 0 Å². The molecule has 0 aliphatic carbocycles. The normalized spacial score (nSPS) is 9.38. The summed E-state index contributed by atoms with van der Waals surface area (Å²) in [5, 5.41) is 6.16. The number of carbonyl (C=O) groups is 1. The van der Waals surface area contributed by atoms with Crippen LogP contribution in [0.25, 0.3) is 0 Å². The number of halogens is 2. The van der Waals surface area contributed by atoms with Gasteiger partial charge < -0.3 is 10.6 Å². The third-order valence-corrected chi connectivity index (χ3v) is 2.15. The molecule has 0 saturated carbocycles. The topological polar surface area (TPSA) is 54.0 Å². The number of hydrogen-bond donors (Lipinski definition) is 2. The lowest BCUT2D eigenvalue weighted by molar-refractivity contribution is -0.120. The molecule has 2 N–H and O–H groups in total. The van der Waals surface area contributed by atoms with Crippen molar-refractivity contribution in [3.8, 4) is 0 Å². The van der Waals surface area contributed by atoms with E-state index in [0.717, 1.165) is 5.56 Å². The Balaban J connectivity index is 0.00000225. The van der Waals surface area contributed by atoms with Gasteiger partial charge in [-0.15, -0.1) is 12.4 Å². The van der Waals surface area contributed by atoms with E-state index >= 15 is 0 Å². The lowest BCUT2D eigenvalue weighted by atomic mass is 10.3. The van der Waals surface area contributed by atoms with Crippen LogP contribution in [0.4, 0.5) is 0 Å². The van der Waals surface area contributed by atoms with Crippen LogP contribution in [0.5, 0.6) is 0 Å². The monoisotopic (exact) mass is 263 g/mol. The molecule has 6 heteroatoms. The van der Waals surface area contributed by atoms with Crippen molar-refractivity contribution in [3.63, 3.8) is 0 Å². The maximum Gasteiger partial charge on any atom is 0.233 e. The van der Waals surface area contributed by atoms with E-state index in [-0.39, 0.29) is 18.3 Å². The fraction of sp³-hybridized carbons (Fsp3) is 0.400. The first-order valence-corrected chi connectivity index (χ1v) is 5.18. The van der Waals surface area contributed by atoms with Crippen molar-refractivity contribution in [2.24, 2.45) is 0 Å². The van der Waals surface area contributed by atoms with E-state index in [1.165, 1.54) is 0 Å². The number of pyridine rings is 1. The van der Waals surface area contributed by atoms with E-state index in [1.807, 2.05) is 19.1 Å². The molecule has 4 nitrogen and oxygen atoms in total. The van der Waals surface area contributed by atoms with E-state index in [1.54, 1.807) is 6.20 Å². The Bertz CT molecular complexity index is 334. The molecular formula is C10H15Cl2N3O. The molecule has 1 rings (SSSR count). The highest BCUT2D eigenvalue weighted by Gasteiger charge is 2.01. The second-order valence-electron chi connectivity index (χ2n) is 3.01. The predicted octanol–water partition coefficient (Wildman–Crippen LogP) is 1.38. The van der Waals surface area contributed by atoms with E-state index < -0.39 is 0 Å². The van der Waals surface area contributed by atoms with Crippen LogP contribution in [0.3, 0.4) is 0 Å². The summed E-state index contributed by atoms with van der Waals surface area (Å²) in [4.78, 5) is 15.0. The van der Waals surface area contributed by atoms with Gasteiger partial charge in [0.15, 0.2) is 0 Å². The molecule has 0 aromatic carbocycles. The average Bonchev–Trinajstić information content (AvgIpc) is 2.21. The quantitative estimate of drug-likeness (QED) is 0.790. The number of likely N-dealkylation sites (N-methyl/N-ethyl adjacent to an activating group) is 1. The van der Waals surface area contributed by atoms with Crippen molar-refractivity contribution >= 4 is 29.9 Å². The summed E-state index contributed by atoms with van der Waals surface area (Å²) in [6.07, 6.45) is 1.63. The van der Waals surface area contributed by atoms with Crippen LogP contribution >= 0.6 is 24.0 Å². The summed E-state index contributed by atoms with van der Waals surface area (Å²) < 4.78 is 0. The summed E-state index contributed by atoms with van der Waals surface area (Å²) in [6.45, 7) is 3.37. The maximum atomic E-state index is 11.1. The highest BCUT2D eigenvalue weighted by atomic mass is 35.5. The molecule has 0 unspecified atom stereocenters. The highest BCUT2D eigenvalue weighted by Crippen LogP contribution is 2.10. The third-order valence-electron chi connectivity index (χ3n) is 1.81. The van der Waals surface area contributed by atoms with E-state index in [2.05, 4.69) is 15.6 Å². The minimum Gasteiger partial charge on any atom is -0.355 e. The van der Waals surface area contributed by atoms with Crippen LogP contribution in [-0.2, 0) is 11.3 Å². The number of nitrogens with zero attached hydrogens (tertiary/aromatic N) is 1. The molecule has 1 aromatic rings. The van der Waals surface area contributed by atoms with Gasteiger partial charge in [0.1, 0.15) is 5.15 Å². The Hall–Kier alpha value is -0.840. The zero-order valence-corrected chi connectivity index (χ0v) is 10.6. The average molecular weight is 264 g/mol. The van der Waals surface area contributed by atoms with Crippen LogP contribution in [0, 0.1) is 0 Å². The lowest BCUT2D eigenvalue weighted by Gasteiger charge is -2.05. The van der Waals surface area contributed by atoms with E-state index in [4.69, 9.17) is 11.6 Å². The molecule has 0 radical (unpaired) electrons. The van der Waals surface area contributed by atoms with Crippen LogP contribution in [0.2, 0.25) is 5.15 Å². The van der Waals surface area contributed by atoms with Crippen molar-refractivity contribution < 1.29 is 4.79 Å². The standard InChI is InChI=1S/C10H14ClN3O.ClH/c1-2-13-9(15)7-12-6-8-4-3-5-14-10(8)11;/h3-5,12H,2,6-7H2,1H3,(H,13,15);1H. The van der Waals surface area contributed by atoms with E-state index in [0.29, 0.717) is 24.8 Å². The van der Waals surface area contributed by atoms with Crippen molar-refractivity contribution in [2.75, 3.05) is 13.1 Å². The summed E-state index contributed by atoms with van der Waals surface area (Å²) >= 11 is 5.85. The van der Waals surface area contributed by atoms with Crippen LogP contribution in [0.1, 0.15) is 12.5 Å². The van der Waals surface area contributed by atoms with Gasteiger partial charge in [0, 0.05) is 24.8 Å². The molecule has 90 valence electrons. The molecule has 1 amide bonds. The lowest BCUT2D eigenvalue weighted by Crippen LogP contribution is -2.33. The van der Waals surface area contributed by atoms with Gasteiger partial charge >= 0.3 is 0 Å². The molecule has 0 atom stereocenters. The molecule has 0 aliphatic heterocycles. The minimum absolute atomic E-state index is 0. The van der Waals surface area contributed by atoms with Gasteiger partial charge in [0.2, 0.25) is 5.91 Å². The second-order valence-corrected chi connectivity index (χ2v) is 3.37. The molecule has 0 fully saturated rings. The van der Waals surface area contributed by atoms with Gasteiger partial charge in [0.25, 0.3) is 0 Å². The fourth-order valence-electron chi connectivity index (χ4n) is 1.12. The van der Waals surface area contributed by atoms with Crippen molar-refractivity contribution in [1.29, 1.82) is 0 Å². The first-order valence-electron chi connectivity index (χ1n) is 4.81. The van der Waals surface area contributed by atoms with Crippen LogP contribution in [-0.4, -0.2) is 24.0 Å². The van der Waals surface area contributed by atoms with Gasteiger partial charge in [-0.3, -0.25) is 4.79 Å². The summed E-state index contributed by atoms with van der Waals surface area (Å²) in [7, 11) is 0. The van der Waals surface area contributed by atoms with Crippen LogP contribution in [0.15, 0.2) is 18.3 Å². The number of rotatable bonds is 5. The number of nitrogens with one attached hydrogen (secondary N) is 2. The van der Waals surface area contributed by atoms with Crippen molar-refractivity contribution in [1.82, 2.24) is 15.6 Å².